The molecule has 1 fully saturated rings. The number of aryl methyl sites for hydroxylation is 1. The van der Waals surface area contributed by atoms with Crippen LogP contribution in [0.3, 0.4) is 0 Å². The van der Waals surface area contributed by atoms with Crippen LogP contribution in [0, 0.1) is 6.92 Å². The van der Waals surface area contributed by atoms with Crippen LogP contribution in [0.5, 0.6) is 0 Å². The zero-order valence-corrected chi connectivity index (χ0v) is 14.1. The minimum Gasteiger partial charge on any atom is -0.353 e. The lowest BCUT2D eigenvalue weighted by Gasteiger charge is -2.35. The Morgan fingerprint density at radius 2 is 1.92 bits per heavy atom. The van der Waals surface area contributed by atoms with Crippen molar-refractivity contribution in [3.63, 3.8) is 0 Å². The van der Waals surface area contributed by atoms with Crippen LogP contribution in [-0.4, -0.2) is 51.9 Å². The Morgan fingerprint density at radius 1 is 1.08 bits per heavy atom. The maximum atomic E-state index is 12.9. The maximum absolute atomic E-state index is 12.9. The zero-order valence-electron chi connectivity index (χ0n) is 14.1. The molecule has 0 bridgehead atoms. The molecule has 3 aromatic heterocycles. The Hall–Kier alpha value is -3.02. The minimum absolute atomic E-state index is 0.0384. The minimum atomic E-state index is 0.0384. The number of hydrogen-bond acceptors (Lipinski definition) is 5. The molecule has 0 aliphatic carbocycles. The van der Waals surface area contributed by atoms with Crippen molar-refractivity contribution in [2.24, 2.45) is 0 Å². The van der Waals surface area contributed by atoms with Crippen LogP contribution in [0.4, 0.5) is 5.82 Å². The first-order valence-electron chi connectivity index (χ1n) is 8.39. The van der Waals surface area contributed by atoms with Gasteiger partial charge in [-0.25, -0.2) is 4.98 Å². The van der Waals surface area contributed by atoms with Crippen LogP contribution in [0.25, 0.3) is 10.9 Å². The normalized spacial score (nSPS) is 14.8. The molecule has 0 saturated carbocycles. The van der Waals surface area contributed by atoms with Crippen LogP contribution >= 0.6 is 0 Å². The van der Waals surface area contributed by atoms with E-state index < -0.39 is 0 Å². The number of carbonyl (C=O) groups excluding carboxylic acids is 1. The highest BCUT2D eigenvalue weighted by Gasteiger charge is 2.24. The monoisotopic (exact) mass is 333 g/mol. The summed E-state index contributed by atoms with van der Waals surface area (Å²) in [5.74, 6) is 1.00. The third-order valence-corrected chi connectivity index (χ3v) is 4.58. The summed E-state index contributed by atoms with van der Waals surface area (Å²) in [6.07, 6.45) is 5.26. The van der Waals surface area contributed by atoms with E-state index in [0.29, 0.717) is 18.7 Å². The number of anilines is 1. The number of rotatable bonds is 2. The second kappa shape index (κ2) is 6.47. The zero-order chi connectivity index (χ0) is 17.2. The average molecular weight is 333 g/mol. The van der Waals surface area contributed by atoms with Gasteiger partial charge in [-0.2, -0.15) is 0 Å². The predicted octanol–water partition coefficient (Wildman–Crippen LogP) is 2.30. The summed E-state index contributed by atoms with van der Waals surface area (Å²) in [6.45, 7) is 4.81. The largest absolute Gasteiger partial charge is 0.353 e. The van der Waals surface area contributed by atoms with E-state index in [0.717, 1.165) is 35.5 Å². The number of piperazine rings is 1. The summed E-state index contributed by atoms with van der Waals surface area (Å²) < 4.78 is 0. The molecule has 25 heavy (non-hydrogen) atoms. The van der Waals surface area contributed by atoms with Crippen LogP contribution in [0.1, 0.15) is 16.1 Å². The van der Waals surface area contributed by atoms with Gasteiger partial charge in [0.1, 0.15) is 5.82 Å². The molecule has 4 heterocycles. The molecular formula is C19H19N5O. The fourth-order valence-corrected chi connectivity index (χ4v) is 3.18. The summed E-state index contributed by atoms with van der Waals surface area (Å²) in [4.78, 5) is 30.1. The molecule has 6 heteroatoms. The third-order valence-electron chi connectivity index (χ3n) is 4.58. The molecule has 0 radical (unpaired) electrons. The lowest BCUT2D eigenvalue weighted by molar-refractivity contribution is 0.0745. The Morgan fingerprint density at radius 3 is 2.68 bits per heavy atom. The summed E-state index contributed by atoms with van der Waals surface area (Å²) >= 11 is 0. The molecule has 1 saturated heterocycles. The van der Waals surface area contributed by atoms with E-state index >= 15 is 0 Å². The van der Waals surface area contributed by atoms with Crippen molar-refractivity contribution in [3.05, 3.63) is 60.2 Å². The van der Waals surface area contributed by atoms with E-state index in [1.807, 2.05) is 42.2 Å². The molecule has 126 valence electrons. The highest BCUT2D eigenvalue weighted by atomic mass is 16.2. The highest BCUT2D eigenvalue weighted by Crippen LogP contribution is 2.19. The van der Waals surface area contributed by atoms with Gasteiger partial charge in [-0.3, -0.25) is 14.8 Å². The summed E-state index contributed by atoms with van der Waals surface area (Å²) in [5, 5.41) is 0.892. The molecule has 4 rings (SSSR count). The van der Waals surface area contributed by atoms with Gasteiger partial charge >= 0.3 is 0 Å². The molecule has 3 aromatic rings. The van der Waals surface area contributed by atoms with E-state index in [9.17, 15) is 4.79 Å². The van der Waals surface area contributed by atoms with Crippen molar-refractivity contribution in [2.45, 2.75) is 6.92 Å². The second-order valence-corrected chi connectivity index (χ2v) is 6.16. The van der Waals surface area contributed by atoms with Crippen molar-refractivity contribution < 1.29 is 4.79 Å². The Labute approximate surface area is 146 Å². The first-order chi connectivity index (χ1) is 12.2. The van der Waals surface area contributed by atoms with Gasteiger partial charge in [0, 0.05) is 50.2 Å². The number of nitrogens with zero attached hydrogens (tertiary/aromatic N) is 5. The average Bonchev–Trinajstić information content (AvgIpc) is 2.68. The maximum Gasteiger partial charge on any atom is 0.255 e. The lowest BCUT2D eigenvalue weighted by Crippen LogP contribution is -2.49. The number of amides is 1. The molecule has 0 spiro atoms. The van der Waals surface area contributed by atoms with E-state index in [2.05, 4.69) is 19.9 Å². The van der Waals surface area contributed by atoms with Crippen molar-refractivity contribution in [3.8, 4) is 0 Å². The van der Waals surface area contributed by atoms with Crippen molar-refractivity contribution in [1.82, 2.24) is 19.9 Å². The van der Waals surface area contributed by atoms with Gasteiger partial charge in [0.25, 0.3) is 5.91 Å². The summed E-state index contributed by atoms with van der Waals surface area (Å²) in [6, 6.07) is 9.66. The molecule has 1 aliphatic rings. The van der Waals surface area contributed by atoms with Gasteiger partial charge in [-0.1, -0.05) is 6.07 Å². The first-order valence-corrected chi connectivity index (χ1v) is 8.39. The van der Waals surface area contributed by atoms with Gasteiger partial charge in [0.2, 0.25) is 0 Å². The number of fused-ring (bicyclic) bond motifs is 1. The third kappa shape index (κ3) is 3.03. The van der Waals surface area contributed by atoms with Gasteiger partial charge in [-0.05, 0) is 31.2 Å². The Bertz CT molecular complexity index is 904. The van der Waals surface area contributed by atoms with E-state index in [1.54, 1.807) is 18.6 Å². The van der Waals surface area contributed by atoms with Crippen LogP contribution < -0.4 is 4.90 Å². The lowest BCUT2D eigenvalue weighted by atomic mass is 10.1. The summed E-state index contributed by atoms with van der Waals surface area (Å²) in [5.41, 5.74) is 2.28. The van der Waals surface area contributed by atoms with Crippen LogP contribution in [-0.2, 0) is 0 Å². The molecule has 0 N–H and O–H groups in total. The number of pyridine rings is 3. The van der Waals surface area contributed by atoms with E-state index in [1.165, 1.54) is 0 Å². The molecule has 1 amide bonds. The number of hydrogen-bond donors (Lipinski definition) is 0. The fourth-order valence-electron chi connectivity index (χ4n) is 3.18. The van der Waals surface area contributed by atoms with Crippen molar-refractivity contribution >= 4 is 22.6 Å². The molecule has 0 aromatic carbocycles. The van der Waals surface area contributed by atoms with Crippen molar-refractivity contribution in [2.75, 3.05) is 31.1 Å². The number of carbonyl (C=O) groups is 1. The second-order valence-electron chi connectivity index (χ2n) is 6.16. The molecule has 0 atom stereocenters. The van der Waals surface area contributed by atoms with Crippen LogP contribution in [0.15, 0.2) is 48.9 Å². The van der Waals surface area contributed by atoms with Gasteiger partial charge in [0.05, 0.1) is 16.8 Å². The predicted molar refractivity (Wildman–Crippen MR) is 96.6 cm³/mol. The molecule has 6 nitrogen and oxygen atoms in total. The van der Waals surface area contributed by atoms with Crippen molar-refractivity contribution in [1.29, 1.82) is 0 Å². The van der Waals surface area contributed by atoms with Crippen LogP contribution in [0.2, 0.25) is 0 Å². The molecule has 1 aliphatic heterocycles. The van der Waals surface area contributed by atoms with Gasteiger partial charge < -0.3 is 9.80 Å². The standard InChI is InChI=1S/C19H19N5O/c1-14-16(12-15-13-20-7-5-17(15)22-14)19(25)24-10-8-23(9-11-24)18-4-2-3-6-21-18/h2-7,12-13H,8-11H2,1H3. The Balaban J connectivity index is 1.52. The molecule has 0 unspecified atom stereocenters. The summed E-state index contributed by atoms with van der Waals surface area (Å²) in [7, 11) is 0. The Kier molecular flexibility index (Phi) is 4.01. The van der Waals surface area contributed by atoms with Gasteiger partial charge in [0.15, 0.2) is 0 Å². The highest BCUT2D eigenvalue weighted by molar-refractivity contribution is 5.98. The van der Waals surface area contributed by atoms with E-state index in [4.69, 9.17) is 0 Å². The first kappa shape index (κ1) is 15.5. The van der Waals surface area contributed by atoms with E-state index in [-0.39, 0.29) is 5.91 Å². The number of aromatic nitrogens is 3. The topological polar surface area (TPSA) is 62.2 Å². The fraction of sp³-hybridized carbons (Fsp3) is 0.263. The smallest absolute Gasteiger partial charge is 0.255 e. The quantitative estimate of drug-likeness (QED) is 0.720. The SMILES string of the molecule is Cc1nc2ccncc2cc1C(=O)N1CCN(c2ccccn2)CC1. The molecular weight excluding hydrogens is 314 g/mol. The van der Waals surface area contributed by atoms with Gasteiger partial charge in [-0.15, -0.1) is 0 Å².